The first-order valence-corrected chi connectivity index (χ1v) is 6.32. The van der Waals surface area contributed by atoms with Crippen LogP contribution in [0.5, 0.6) is 0 Å². The van der Waals surface area contributed by atoms with Crippen LogP contribution in [-0.4, -0.2) is 42.6 Å². The lowest BCUT2D eigenvalue weighted by Crippen LogP contribution is -2.18. The van der Waals surface area contributed by atoms with Crippen LogP contribution in [0, 0.1) is 0 Å². The number of aromatic nitrogens is 1. The fourth-order valence-corrected chi connectivity index (χ4v) is 2.53. The first kappa shape index (κ1) is 10.8. The molecular weight excluding hydrogens is 210 g/mol. The van der Waals surface area contributed by atoms with Crippen molar-refractivity contribution >= 4 is 10.9 Å². The van der Waals surface area contributed by atoms with Gasteiger partial charge < -0.3 is 10.3 Å². The first-order chi connectivity index (χ1) is 8.38. The summed E-state index contributed by atoms with van der Waals surface area (Å²) in [4.78, 5) is 5.86. The van der Waals surface area contributed by atoms with Crippen LogP contribution in [0.1, 0.15) is 5.56 Å². The number of H-pyrrole nitrogens is 1. The number of fused-ring (bicyclic) bond motifs is 1. The Labute approximate surface area is 102 Å². The molecule has 1 aliphatic rings. The molecule has 0 bridgehead atoms. The molecule has 0 radical (unpaired) electrons. The van der Waals surface area contributed by atoms with Gasteiger partial charge in [-0.15, -0.1) is 0 Å². The number of para-hydroxylation sites is 1. The summed E-state index contributed by atoms with van der Waals surface area (Å²) in [5.41, 5.74) is 2.69. The second-order valence-corrected chi connectivity index (χ2v) is 4.82. The lowest BCUT2D eigenvalue weighted by atomic mass is 10.1. The van der Waals surface area contributed by atoms with E-state index in [1.54, 1.807) is 0 Å². The molecule has 3 nitrogen and oxygen atoms in total. The third kappa shape index (κ3) is 2.21. The molecule has 0 amide bonds. The lowest BCUT2D eigenvalue weighted by molar-refractivity contribution is 0.499. The number of rotatable bonds is 5. The molecule has 1 fully saturated rings. The second kappa shape index (κ2) is 4.51. The Morgan fingerprint density at radius 2 is 2.29 bits per heavy atom. The topological polar surface area (TPSA) is 30.8 Å². The molecule has 0 saturated carbocycles. The van der Waals surface area contributed by atoms with E-state index in [2.05, 4.69) is 45.7 Å². The maximum Gasteiger partial charge on any atom is 0.0456 e. The van der Waals surface area contributed by atoms with Crippen LogP contribution in [0.15, 0.2) is 30.5 Å². The molecule has 1 aromatic carbocycles. The summed E-state index contributed by atoms with van der Waals surface area (Å²) in [6.45, 7) is 3.55. The molecule has 2 atom stereocenters. The van der Waals surface area contributed by atoms with Gasteiger partial charge in [0.05, 0.1) is 0 Å². The van der Waals surface area contributed by atoms with Gasteiger partial charge in [-0.3, -0.25) is 4.90 Å². The number of benzene rings is 1. The number of likely N-dealkylation sites (N-methyl/N-ethyl adjacent to an activating group) is 1. The van der Waals surface area contributed by atoms with Gasteiger partial charge >= 0.3 is 0 Å². The molecule has 17 heavy (non-hydrogen) atoms. The van der Waals surface area contributed by atoms with Crippen LogP contribution in [0.25, 0.3) is 10.9 Å². The van der Waals surface area contributed by atoms with E-state index >= 15 is 0 Å². The van der Waals surface area contributed by atoms with Crippen LogP contribution in [0.2, 0.25) is 0 Å². The quantitative estimate of drug-likeness (QED) is 0.763. The SMILES string of the molecule is CNCC1CN1CCc1c[nH]c2ccccc12. The van der Waals surface area contributed by atoms with E-state index in [1.807, 2.05) is 7.05 Å². The predicted octanol–water partition coefficient (Wildman–Crippen LogP) is 1.61. The molecular formula is C14H19N3. The molecule has 3 heteroatoms. The van der Waals surface area contributed by atoms with Gasteiger partial charge in [0.1, 0.15) is 0 Å². The van der Waals surface area contributed by atoms with Crippen molar-refractivity contribution in [3.8, 4) is 0 Å². The highest BCUT2D eigenvalue weighted by molar-refractivity contribution is 5.83. The zero-order valence-electron chi connectivity index (χ0n) is 10.2. The van der Waals surface area contributed by atoms with Gasteiger partial charge in [-0.2, -0.15) is 0 Å². The van der Waals surface area contributed by atoms with Gasteiger partial charge in [-0.05, 0) is 25.1 Å². The highest BCUT2D eigenvalue weighted by Gasteiger charge is 2.32. The van der Waals surface area contributed by atoms with Crippen molar-refractivity contribution in [2.75, 3.05) is 26.7 Å². The minimum absolute atomic E-state index is 0.769. The standard InChI is InChI=1S/C14H19N3/c1-15-9-12-10-17(12)7-6-11-8-16-14-5-3-2-4-13(11)14/h2-5,8,12,15-16H,6-7,9-10H2,1H3. The molecule has 0 spiro atoms. The van der Waals surface area contributed by atoms with Crippen molar-refractivity contribution in [3.05, 3.63) is 36.0 Å². The highest BCUT2D eigenvalue weighted by Crippen LogP contribution is 2.21. The van der Waals surface area contributed by atoms with E-state index in [-0.39, 0.29) is 0 Å². The highest BCUT2D eigenvalue weighted by atomic mass is 15.3. The Bertz CT molecular complexity index is 503. The number of aromatic amines is 1. The lowest BCUT2D eigenvalue weighted by Gasteiger charge is -2.03. The van der Waals surface area contributed by atoms with Gasteiger partial charge in [-0.25, -0.2) is 0 Å². The molecule has 2 heterocycles. The predicted molar refractivity (Wildman–Crippen MR) is 71.3 cm³/mol. The van der Waals surface area contributed by atoms with Crippen LogP contribution in [0.3, 0.4) is 0 Å². The van der Waals surface area contributed by atoms with Crippen molar-refractivity contribution in [3.63, 3.8) is 0 Å². The minimum Gasteiger partial charge on any atom is -0.361 e. The molecule has 1 saturated heterocycles. The number of nitrogens with one attached hydrogen (secondary N) is 2. The third-order valence-electron chi connectivity index (χ3n) is 3.61. The second-order valence-electron chi connectivity index (χ2n) is 4.82. The Hall–Kier alpha value is -1.32. The Kier molecular flexibility index (Phi) is 2.87. The molecule has 2 unspecified atom stereocenters. The average molecular weight is 229 g/mol. The fourth-order valence-electron chi connectivity index (χ4n) is 2.53. The van der Waals surface area contributed by atoms with E-state index in [4.69, 9.17) is 0 Å². The van der Waals surface area contributed by atoms with Gasteiger partial charge in [-0.1, -0.05) is 18.2 Å². The summed E-state index contributed by atoms with van der Waals surface area (Å²) in [5, 5.41) is 4.61. The van der Waals surface area contributed by atoms with Crippen molar-refractivity contribution in [1.29, 1.82) is 0 Å². The van der Waals surface area contributed by atoms with E-state index in [1.165, 1.54) is 29.6 Å². The van der Waals surface area contributed by atoms with Gasteiger partial charge in [0.15, 0.2) is 0 Å². The summed E-state index contributed by atoms with van der Waals surface area (Å²) in [5.74, 6) is 0. The largest absolute Gasteiger partial charge is 0.361 e. The van der Waals surface area contributed by atoms with Crippen molar-refractivity contribution < 1.29 is 0 Å². The fraction of sp³-hybridized carbons (Fsp3) is 0.429. The Balaban J connectivity index is 1.62. The van der Waals surface area contributed by atoms with Crippen LogP contribution in [0.4, 0.5) is 0 Å². The third-order valence-corrected chi connectivity index (χ3v) is 3.61. The smallest absolute Gasteiger partial charge is 0.0456 e. The van der Waals surface area contributed by atoms with E-state index in [9.17, 15) is 0 Å². The molecule has 2 aromatic rings. The van der Waals surface area contributed by atoms with Crippen molar-refractivity contribution in [2.45, 2.75) is 12.5 Å². The molecule has 1 aromatic heterocycles. The monoisotopic (exact) mass is 229 g/mol. The van der Waals surface area contributed by atoms with E-state index in [0.717, 1.165) is 19.0 Å². The number of hydrogen-bond donors (Lipinski definition) is 2. The zero-order valence-corrected chi connectivity index (χ0v) is 10.2. The normalized spacial score (nSPS) is 23.1. The zero-order chi connectivity index (χ0) is 11.7. The van der Waals surface area contributed by atoms with Crippen LogP contribution < -0.4 is 5.32 Å². The first-order valence-electron chi connectivity index (χ1n) is 6.32. The molecule has 2 N–H and O–H groups in total. The summed E-state index contributed by atoms with van der Waals surface area (Å²) < 4.78 is 0. The molecule has 90 valence electrons. The number of hydrogen-bond acceptors (Lipinski definition) is 2. The van der Waals surface area contributed by atoms with Gasteiger partial charge in [0, 0.05) is 42.8 Å². The maximum absolute atomic E-state index is 3.34. The molecule has 1 aliphatic heterocycles. The average Bonchev–Trinajstić information content (AvgIpc) is 2.97. The minimum atomic E-state index is 0.769. The van der Waals surface area contributed by atoms with Crippen molar-refractivity contribution in [2.24, 2.45) is 0 Å². The summed E-state index contributed by atoms with van der Waals surface area (Å²) >= 11 is 0. The van der Waals surface area contributed by atoms with E-state index < -0.39 is 0 Å². The van der Waals surface area contributed by atoms with Gasteiger partial charge in [0.2, 0.25) is 0 Å². The summed E-state index contributed by atoms with van der Waals surface area (Å²) in [6.07, 6.45) is 3.30. The summed E-state index contributed by atoms with van der Waals surface area (Å²) in [7, 11) is 2.02. The van der Waals surface area contributed by atoms with Crippen molar-refractivity contribution in [1.82, 2.24) is 15.2 Å². The van der Waals surface area contributed by atoms with Crippen LogP contribution >= 0.6 is 0 Å². The number of nitrogens with zero attached hydrogens (tertiary/aromatic N) is 1. The van der Waals surface area contributed by atoms with Crippen LogP contribution in [-0.2, 0) is 6.42 Å². The summed E-state index contributed by atoms with van der Waals surface area (Å²) in [6, 6.07) is 9.30. The van der Waals surface area contributed by atoms with Gasteiger partial charge in [0.25, 0.3) is 0 Å². The Morgan fingerprint density at radius 1 is 1.41 bits per heavy atom. The maximum atomic E-state index is 3.34. The molecule has 3 rings (SSSR count). The van der Waals surface area contributed by atoms with E-state index in [0.29, 0.717) is 0 Å². The molecule has 0 aliphatic carbocycles. The Morgan fingerprint density at radius 3 is 3.18 bits per heavy atom.